The van der Waals surface area contributed by atoms with Gasteiger partial charge in [0.05, 0.1) is 13.7 Å². The van der Waals surface area contributed by atoms with Crippen LogP contribution in [0, 0.1) is 24.9 Å². The number of furan rings is 1. The summed E-state index contributed by atoms with van der Waals surface area (Å²) in [6.45, 7) is 4.67. The predicted molar refractivity (Wildman–Crippen MR) is 229 cm³/mol. The first kappa shape index (κ1) is 34.5. The zero-order valence-electron chi connectivity index (χ0n) is 34.5. The molecule has 1 fully saturated rings. The molecule has 55 heavy (non-hydrogen) atoms. The van der Waals surface area contributed by atoms with Gasteiger partial charge in [0, 0.05) is 42.0 Å². The van der Waals surface area contributed by atoms with E-state index in [9.17, 15) is 0 Å². The molecule has 0 N–H and O–H groups in total. The van der Waals surface area contributed by atoms with Crippen molar-refractivity contribution >= 4 is 35.2 Å². The summed E-state index contributed by atoms with van der Waals surface area (Å²) < 4.78 is 29.9. The minimum atomic E-state index is -2.19. The largest absolute Gasteiger partial charge is 0.501 e. The van der Waals surface area contributed by atoms with Gasteiger partial charge in [-0.1, -0.05) is 165 Å². The quantitative estimate of drug-likeness (QED) is 0.118. The van der Waals surface area contributed by atoms with E-state index in [2.05, 4.69) is 108 Å². The van der Waals surface area contributed by atoms with Crippen LogP contribution >= 0.6 is 0 Å². The van der Waals surface area contributed by atoms with E-state index in [1.54, 1.807) is 6.07 Å². The normalized spacial score (nSPS) is 14.1. The fourth-order valence-electron chi connectivity index (χ4n) is 7.52. The Labute approximate surface area is 344 Å². The number of aromatic nitrogens is 2. The van der Waals surface area contributed by atoms with Crippen LogP contribution in [0.3, 0.4) is 0 Å². The average Bonchev–Trinajstić information content (AvgIpc) is 3.88. The third-order valence-corrected chi connectivity index (χ3v) is 12.6. The topological polar surface area (TPSA) is 38.9 Å². The molecular formula is C50H46IrN2OSi-2. The molecule has 0 saturated heterocycles. The summed E-state index contributed by atoms with van der Waals surface area (Å²) in [4.78, 5) is 9.28. The van der Waals surface area contributed by atoms with Crippen LogP contribution in [0.5, 0.6) is 0 Å². The van der Waals surface area contributed by atoms with Gasteiger partial charge in [-0.2, -0.15) is 0 Å². The van der Waals surface area contributed by atoms with Crippen molar-refractivity contribution in [3.63, 3.8) is 0 Å². The maximum absolute atomic E-state index is 7.84. The van der Waals surface area contributed by atoms with E-state index in [1.165, 1.54) is 42.0 Å². The van der Waals surface area contributed by atoms with Gasteiger partial charge in [0.25, 0.3) is 0 Å². The fraction of sp³-hybridized carbons (Fsp3) is 0.200. The van der Waals surface area contributed by atoms with Gasteiger partial charge in [0.2, 0.25) is 0 Å². The summed E-state index contributed by atoms with van der Waals surface area (Å²) in [6, 6.07) is 49.1. The number of pyridine rings is 2. The summed E-state index contributed by atoms with van der Waals surface area (Å²) in [6.07, 6.45) is 10.5. The number of benzene rings is 5. The van der Waals surface area contributed by atoms with Gasteiger partial charge >= 0.3 is 0 Å². The SMILES string of the molecule is [2H]C([2H])([2H])c1c[c-]c(-c2ccc([Si](C)(C)C)cn2)cc1-c1ccccc1.[Ir].[c-]1ccc2c(oc3cc(-c4ccccc4)ccc32)c1-c1cc(CC2CCCC2)ccn1. The van der Waals surface area contributed by atoms with Crippen LogP contribution in [-0.4, -0.2) is 18.0 Å². The molecule has 1 aliphatic rings. The average molecular weight is 914 g/mol. The Kier molecular flexibility index (Phi) is 10.6. The number of hydrogen-bond donors (Lipinski definition) is 0. The van der Waals surface area contributed by atoms with Gasteiger partial charge in [0.1, 0.15) is 5.58 Å². The van der Waals surface area contributed by atoms with Crippen molar-refractivity contribution in [2.75, 3.05) is 0 Å². The van der Waals surface area contributed by atoms with Crippen molar-refractivity contribution in [1.29, 1.82) is 0 Å². The molecule has 3 nitrogen and oxygen atoms in total. The summed E-state index contributed by atoms with van der Waals surface area (Å²) in [5.74, 6) is 0.817. The zero-order chi connectivity index (χ0) is 39.6. The molecule has 5 heteroatoms. The van der Waals surface area contributed by atoms with Crippen molar-refractivity contribution in [2.45, 2.75) is 58.6 Å². The van der Waals surface area contributed by atoms with Crippen molar-refractivity contribution < 1.29 is 28.6 Å². The molecule has 8 aromatic rings. The Morgan fingerprint density at radius 2 is 1.51 bits per heavy atom. The molecule has 1 aliphatic carbocycles. The maximum Gasteiger partial charge on any atom is 0.121 e. The molecule has 0 amide bonds. The van der Waals surface area contributed by atoms with Crippen molar-refractivity contribution in [3.8, 4) is 44.8 Å². The molecule has 0 unspecified atom stereocenters. The molecule has 3 aromatic heterocycles. The second-order valence-corrected chi connectivity index (χ2v) is 20.5. The Morgan fingerprint density at radius 3 is 2.22 bits per heavy atom. The Bertz CT molecular complexity index is 2630. The minimum Gasteiger partial charge on any atom is -0.501 e. The van der Waals surface area contributed by atoms with E-state index in [0.29, 0.717) is 11.1 Å². The molecular weight excluding hydrogens is 865 g/mol. The van der Waals surface area contributed by atoms with Gasteiger partial charge in [-0.25, -0.2) is 0 Å². The molecule has 0 spiro atoms. The number of fused-ring (bicyclic) bond motifs is 3. The van der Waals surface area contributed by atoms with E-state index in [4.69, 9.17) is 8.53 Å². The molecule has 0 atom stereocenters. The van der Waals surface area contributed by atoms with Gasteiger partial charge < -0.3 is 14.4 Å². The number of rotatable bonds is 7. The Morgan fingerprint density at radius 1 is 0.745 bits per heavy atom. The molecule has 9 rings (SSSR count). The van der Waals surface area contributed by atoms with Gasteiger partial charge in [0.15, 0.2) is 0 Å². The third kappa shape index (κ3) is 8.65. The predicted octanol–water partition coefficient (Wildman–Crippen LogP) is 12.9. The van der Waals surface area contributed by atoms with Crippen molar-refractivity contribution in [1.82, 2.24) is 9.97 Å². The van der Waals surface area contributed by atoms with Gasteiger partial charge in [-0.3, -0.25) is 0 Å². The van der Waals surface area contributed by atoms with Crippen LogP contribution in [0.15, 0.2) is 144 Å². The first-order valence-electron chi connectivity index (χ1n) is 20.5. The maximum atomic E-state index is 7.84. The van der Waals surface area contributed by atoms with Crippen molar-refractivity contribution in [2.24, 2.45) is 5.92 Å². The second-order valence-electron chi connectivity index (χ2n) is 15.4. The van der Waals surface area contributed by atoms with E-state index in [1.807, 2.05) is 67.0 Å². The molecule has 0 aliphatic heterocycles. The fourth-order valence-corrected chi connectivity index (χ4v) is 8.56. The van der Waals surface area contributed by atoms with Crippen LogP contribution in [0.2, 0.25) is 19.6 Å². The monoisotopic (exact) mass is 914 g/mol. The zero-order valence-corrected chi connectivity index (χ0v) is 34.9. The second kappa shape index (κ2) is 16.8. The molecule has 277 valence electrons. The van der Waals surface area contributed by atoms with E-state index < -0.39 is 14.9 Å². The Hall–Kier alpha value is -4.93. The van der Waals surface area contributed by atoms with E-state index in [0.717, 1.165) is 67.9 Å². The smallest absolute Gasteiger partial charge is 0.121 e. The molecule has 1 saturated carbocycles. The number of hydrogen-bond acceptors (Lipinski definition) is 3. The molecule has 0 bridgehead atoms. The number of nitrogens with zero attached hydrogens (tertiary/aromatic N) is 2. The summed E-state index contributed by atoms with van der Waals surface area (Å²) in [5.41, 5.74) is 10.9. The van der Waals surface area contributed by atoms with Crippen LogP contribution in [0.25, 0.3) is 66.7 Å². The summed E-state index contributed by atoms with van der Waals surface area (Å²) in [5, 5.41) is 3.54. The minimum absolute atomic E-state index is 0. The molecule has 5 aromatic carbocycles. The van der Waals surface area contributed by atoms with E-state index in [-0.39, 0.29) is 20.1 Å². The molecule has 1 radical (unpaired) electrons. The summed E-state index contributed by atoms with van der Waals surface area (Å²) in [7, 11) is -1.40. The first-order valence-corrected chi connectivity index (χ1v) is 22.5. The van der Waals surface area contributed by atoms with Crippen molar-refractivity contribution in [3.05, 3.63) is 163 Å². The molecule has 3 heterocycles. The van der Waals surface area contributed by atoms with Gasteiger partial charge in [-0.15, -0.1) is 47.5 Å². The standard InChI is InChI=1S/C29H24NO.C21H22NSi.Ir/c1-2-9-22(10-3-1)23-13-14-24-25-11-6-12-26(29(25)31-28(24)19-23)27-18-21(15-16-30-27)17-20-7-4-5-8-20;1-16-10-11-18(14-20(16)17-8-6-5-7-9-17)21-13-12-19(15-22-21)23(2,3)4;/h1-3,6,9-11,13-16,18-20H,4-5,7-8,17H2;5-10,12-15H,1-4H3;/q2*-1;/i;1D3;. The van der Waals surface area contributed by atoms with Crippen LogP contribution in [-0.2, 0) is 26.5 Å². The van der Waals surface area contributed by atoms with E-state index >= 15 is 0 Å². The van der Waals surface area contributed by atoms with Crippen LogP contribution < -0.4 is 5.19 Å². The third-order valence-electron chi connectivity index (χ3n) is 10.6. The Balaban J connectivity index is 0.000000177. The van der Waals surface area contributed by atoms with Crippen LogP contribution in [0.4, 0.5) is 0 Å². The number of aryl methyl sites for hydroxylation is 1. The first-order chi connectivity index (χ1) is 27.5. The van der Waals surface area contributed by atoms with Crippen LogP contribution in [0.1, 0.15) is 40.9 Å². The van der Waals surface area contributed by atoms with Gasteiger partial charge in [-0.05, 0) is 57.7 Å². The summed E-state index contributed by atoms with van der Waals surface area (Å²) >= 11 is 0.